The molecule has 1 heterocycles. The molecule has 0 aliphatic carbocycles. The normalized spacial score (nSPS) is 10.7. The van der Waals surface area contributed by atoms with Crippen molar-refractivity contribution in [2.75, 3.05) is 0 Å². The molecule has 0 unspecified atom stereocenters. The van der Waals surface area contributed by atoms with Crippen LogP contribution in [0.5, 0.6) is 0 Å². The fourth-order valence-electron chi connectivity index (χ4n) is 1.24. The summed E-state index contributed by atoms with van der Waals surface area (Å²) in [5, 5.41) is 18.7. The first-order valence-corrected chi connectivity index (χ1v) is 4.51. The van der Waals surface area contributed by atoms with Crippen LogP contribution < -0.4 is 5.46 Å². The minimum atomic E-state index is -1.49. The van der Waals surface area contributed by atoms with E-state index in [1.807, 2.05) is 12.1 Å². The molecule has 2 rings (SSSR count). The van der Waals surface area contributed by atoms with Crippen LogP contribution in [-0.4, -0.2) is 17.2 Å². The Morgan fingerprint density at radius 1 is 1.31 bits per heavy atom. The number of para-hydroxylation sites is 1. The quantitative estimate of drug-likeness (QED) is 0.728. The van der Waals surface area contributed by atoms with E-state index in [4.69, 9.17) is 14.5 Å². The summed E-state index contributed by atoms with van der Waals surface area (Å²) >= 11 is 3.30. The Kier molecular flexibility index (Phi) is 2.15. The van der Waals surface area contributed by atoms with Crippen molar-refractivity contribution in [2.45, 2.75) is 0 Å². The van der Waals surface area contributed by atoms with Crippen LogP contribution in [0.3, 0.4) is 0 Å². The highest BCUT2D eigenvalue weighted by Crippen LogP contribution is 2.23. The smallest absolute Gasteiger partial charge is 0.464 e. The van der Waals surface area contributed by atoms with Gasteiger partial charge in [-0.25, -0.2) is 0 Å². The second-order valence-electron chi connectivity index (χ2n) is 2.68. The fourth-order valence-corrected chi connectivity index (χ4v) is 1.70. The Morgan fingerprint density at radius 2 is 2.08 bits per heavy atom. The Labute approximate surface area is 83.3 Å². The van der Waals surface area contributed by atoms with Gasteiger partial charge in [-0.15, -0.1) is 0 Å². The summed E-state index contributed by atoms with van der Waals surface area (Å²) in [4.78, 5) is 0. The fraction of sp³-hybridized carbons (Fsp3) is 0. The van der Waals surface area contributed by atoms with E-state index in [2.05, 4.69) is 15.9 Å². The lowest BCUT2D eigenvalue weighted by Gasteiger charge is -1.94. The van der Waals surface area contributed by atoms with Crippen molar-refractivity contribution in [3.8, 4) is 0 Å². The number of fused-ring (bicyclic) bond motifs is 1. The molecule has 0 radical (unpaired) electrons. The Hall–Kier alpha value is -0.775. The molecular weight excluding hydrogens is 235 g/mol. The molecule has 0 bridgehead atoms. The van der Waals surface area contributed by atoms with Crippen molar-refractivity contribution in [3.05, 3.63) is 28.9 Å². The number of halogens is 1. The molecular formula is C8H6BBrO3. The highest BCUT2D eigenvalue weighted by molar-refractivity contribution is 9.10. The molecule has 5 heteroatoms. The van der Waals surface area contributed by atoms with E-state index in [-0.39, 0.29) is 0 Å². The van der Waals surface area contributed by atoms with E-state index >= 15 is 0 Å². The summed E-state index contributed by atoms with van der Waals surface area (Å²) in [5.41, 5.74) is 1.02. The summed E-state index contributed by atoms with van der Waals surface area (Å²) < 4.78 is 5.98. The van der Waals surface area contributed by atoms with E-state index < -0.39 is 7.12 Å². The van der Waals surface area contributed by atoms with Crippen molar-refractivity contribution in [2.24, 2.45) is 0 Å². The standard InChI is InChI=1S/C8H6BBrO3/c10-7-3-1-2-5-6(9(11)12)4-13-8(5)7/h1-4,11-12H. The number of rotatable bonds is 1. The largest absolute Gasteiger partial charge is 0.492 e. The van der Waals surface area contributed by atoms with Gasteiger partial charge in [-0.2, -0.15) is 0 Å². The summed E-state index contributed by atoms with van der Waals surface area (Å²) in [6.07, 6.45) is 1.35. The molecule has 0 saturated carbocycles. The number of hydrogen-bond acceptors (Lipinski definition) is 3. The summed E-state index contributed by atoms with van der Waals surface area (Å²) in [6.45, 7) is 0. The van der Waals surface area contributed by atoms with Gasteiger partial charge < -0.3 is 14.5 Å². The van der Waals surface area contributed by atoms with Crippen LogP contribution in [0.25, 0.3) is 11.0 Å². The zero-order valence-electron chi connectivity index (χ0n) is 6.57. The molecule has 0 saturated heterocycles. The van der Waals surface area contributed by atoms with Gasteiger partial charge in [-0.1, -0.05) is 12.1 Å². The van der Waals surface area contributed by atoms with Gasteiger partial charge in [-0.3, -0.25) is 0 Å². The molecule has 13 heavy (non-hydrogen) atoms. The average Bonchev–Trinajstić information content (AvgIpc) is 2.48. The first-order valence-electron chi connectivity index (χ1n) is 3.72. The van der Waals surface area contributed by atoms with E-state index in [0.717, 1.165) is 4.47 Å². The third kappa shape index (κ3) is 1.39. The summed E-state index contributed by atoms with van der Waals surface area (Å²) in [6, 6.07) is 5.42. The molecule has 0 atom stereocenters. The lowest BCUT2D eigenvalue weighted by atomic mass is 9.80. The highest BCUT2D eigenvalue weighted by atomic mass is 79.9. The van der Waals surface area contributed by atoms with Gasteiger partial charge in [0.1, 0.15) is 5.58 Å². The van der Waals surface area contributed by atoms with Gasteiger partial charge in [0.05, 0.1) is 10.7 Å². The van der Waals surface area contributed by atoms with Gasteiger partial charge in [0.15, 0.2) is 0 Å². The van der Waals surface area contributed by atoms with Crippen LogP contribution in [0, 0.1) is 0 Å². The minimum Gasteiger partial charge on any atom is -0.464 e. The predicted octanol–water partition coefficient (Wildman–Crippen LogP) is 0.875. The molecule has 1 aromatic carbocycles. The lowest BCUT2D eigenvalue weighted by molar-refractivity contribution is 0.425. The van der Waals surface area contributed by atoms with Gasteiger partial charge in [0.25, 0.3) is 0 Å². The maximum absolute atomic E-state index is 8.98. The molecule has 0 aliphatic heterocycles. The van der Waals surface area contributed by atoms with Crippen molar-refractivity contribution in [1.29, 1.82) is 0 Å². The molecule has 1 aromatic heterocycles. The average molecular weight is 241 g/mol. The molecule has 0 fully saturated rings. The molecule has 66 valence electrons. The molecule has 2 aromatic rings. The molecule has 0 aliphatic rings. The zero-order chi connectivity index (χ0) is 9.42. The topological polar surface area (TPSA) is 53.6 Å². The summed E-state index contributed by atoms with van der Waals surface area (Å²) in [7, 11) is -1.49. The Bertz CT molecular complexity index is 438. The third-order valence-corrected chi connectivity index (χ3v) is 2.48. The van der Waals surface area contributed by atoms with Gasteiger partial charge in [0, 0.05) is 10.8 Å². The zero-order valence-corrected chi connectivity index (χ0v) is 8.15. The Balaban J connectivity index is 2.75. The van der Waals surface area contributed by atoms with E-state index in [1.165, 1.54) is 6.26 Å². The second-order valence-corrected chi connectivity index (χ2v) is 3.54. The molecule has 3 nitrogen and oxygen atoms in total. The van der Waals surface area contributed by atoms with E-state index in [1.54, 1.807) is 6.07 Å². The lowest BCUT2D eigenvalue weighted by Crippen LogP contribution is -2.28. The van der Waals surface area contributed by atoms with E-state index in [9.17, 15) is 0 Å². The van der Waals surface area contributed by atoms with Gasteiger partial charge in [0.2, 0.25) is 0 Å². The minimum absolute atomic E-state index is 0.385. The maximum Gasteiger partial charge on any atom is 0.492 e. The summed E-state index contributed by atoms with van der Waals surface area (Å²) in [5.74, 6) is 0. The van der Waals surface area contributed by atoms with Crippen molar-refractivity contribution in [3.63, 3.8) is 0 Å². The van der Waals surface area contributed by atoms with Crippen LogP contribution in [0.4, 0.5) is 0 Å². The van der Waals surface area contributed by atoms with Gasteiger partial charge in [-0.05, 0) is 22.0 Å². The van der Waals surface area contributed by atoms with Crippen LogP contribution in [0.1, 0.15) is 0 Å². The maximum atomic E-state index is 8.98. The number of hydrogen-bond donors (Lipinski definition) is 2. The first kappa shape index (κ1) is 8.81. The first-order chi connectivity index (χ1) is 6.20. The monoisotopic (exact) mass is 240 g/mol. The van der Waals surface area contributed by atoms with Crippen molar-refractivity contribution < 1.29 is 14.5 Å². The molecule has 0 spiro atoms. The van der Waals surface area contributed by atoms with Gasteiger partial charge >= 0.3 is 7.12 Å². The van der Waals surface area contributed by atoms with E-state index in [0.29, 0.717) is 16.4 Å². The third-order valence-electron chi connectivity index (χ3n) is 1.86. The second kappa shape index (κ2) is 3.18. The molecule has 2 N–H and O–H groups in total. The number of furan rings is 1. The number of benzene rings is 1. The van der Waals surface area contributed by atoms with Crippen LogP contribution in [0.2, 0.25) is 0 Å². The predicted molar refractivity (Wildman–Crippen MR) is 53.7 cm³/mol. The van der Waals surface area contributed by atoms with Crippen molar-refractivity contribution in [1.82, 2.24) is 0 Å². The highest BCUT2D eigenvalue weighted by Gasteiger charge is 2.18. The van der Waals surface area contributed by atoms with Crippen LogP contribution in [-0.2, 0) is 0 Å². The van der Waals surface area contributed by atoms with Crippen LogP contribution in [0.15, 0.2) is 33.4 Å². The SMILES string of the molecule is OB(O)c1coc2c(Br)cccc12. The van der Waals surface area contributed by atoms with Crippen LogP contribution >= 0.6 is 15.9 Å². The van der Waals surface area contributed by atoms with Crippen molar-refractivity contribution >= 4 is 39.5 Å². The Morgan fingerprint density at radius 3 is 2.77 bits per heavy atom. The molecule has 0 amide bonds.